The molecule has 0 unspecified atom stereocenters. The number of nitrogens with zero attached hydrogens (tertiary/aromatic N) is 2. The molecule has 0 heterocycles. The Morgan fingerprint density at radius 2 is 1.68 bits per heavy atom. The maximum Gasteiger partial charge on any atom is 0.279 e. The Morgan fingerprint density at radius 3 is 2.12 bits per heavy atom. The van der Waals surface area contributed by atoms with E-state index < -0.39 is 27.1 Å². The summed E-state index contributed by atoms with van der Waals surface area (Å²) >= 11 is 3.34. The summed E-state index contributed by atoms with van der Waals surface area (Å²) < 4.78 is 0.649. The number of hydrogen-bond acceptors (Lipinski definition) is 5. The number of carbonyl (C=O) groups excluding carboxylic acids is 1. The van der Waals surface area contributed by atoms with Crippen LogP contribution in [0.5, 0.6) is 0 Å². The Labute approximate surface area is 151 Å². The van der Waals surface area contributed by atoms with E-state index in [2.05, 4.69) is 21.2 Å². The monoisotopic (exact) mass is 407 g/mol. The number of hydrogen-bond donors (Lipinski definition) is 1. The number of anilines is 1. The molecule has 0 spiro atoms. The highest BCUT2D eigenvalue weighted by atomic mass is 79.9. The Kier molecular flexibility index (Phi) is 5.48. The lowest BCUT2D eigenvalue weighted by Crippen LogP contribution is -2.13. The molecule has 8 nitrogen and oxygen atoms in total. The summed E-state index contributed by atoms with van der Waals surface area (Å²) in [6, 6.07) is 7.44. The van der Waals surface area contributed by atoms with Crippen molar-refractivity contribution in [1.29, 1.82) is 0 Å². The molecule has 0 bridgehead atoms. The fourth-order valence-electron chi connectivity index (χ4n) is 2.27. The lowest BCUT2D eigenvalue weighted by molar-refractivity contribution is -0.395. The number of nitrogens with one attached hydrogen (secondary N) is 1. The van der Waals surface area contributed by atoms with Crippen LogP contribution in [0.15, 0.2) is 34.8 Å². The number of rotatable bonds is 5. The molecule has 0 aliphatic rings. The molecule has 0 saturated heterocycles. The molecule has 0 aliphatic carbocycles. The third-order valence-corrected chi connectivity index (χ3v) is 4.35. The minimum absolute atomic E-state index is 0.0972. The first kappa shape index (κ1) is 18.5. The van der Waals surface area contributed by atoms with E-state index in [0.717, 1.165) is 24.1 Å². The zero-order valence-electron chi connectivity index (χ0n) is 13.4. The minimum atomic E-state index is -0.745. The Bertz CT molecular complexity index is 847. The molecule has 130 valence electrons. The van der Waals surface area contributed by atoms with E-state index in [1.807, 2.05) is 19.1 Å². The fraction of sp³-hybridized carbons (Fsp3) is 0.188. The van der Waals surface area contributed by atoms with E-state index in [0.29, 0.717) is 10.2 Å². The van der Waals surface area contributed by atoms with Crippen molar-refractivity contribution in [3.8, 4) is 0 Å². The van der Waals surface area contributed by atoms with Crippen molar-refractivity contribution in [3.63, 3.8) is 0 Å². The summed E-state index contributed by atoms with van der Waals surface area (Å²) in [6.07, 6.45) is 0.823. The van der Waals surface area contributed by atoms with Crippen LogP contribution in [-0.4, -0.2) is 15.8 Å². The first-order valence-corrected chi connectivity index (χ1v) is 8.07. The summed E-state index contributed by atoms with van der Waals surface area (Å²) in [5, 5.41) is 24.8. The largest absolute Gasteiger partial charge is 0.321 e. The molecule has 0 aliphatic heterocycles. The summed E-state index contributed by atoms with van der Waals surface area (Å²) in [5.41, 5.74) is 0.328. The molecule has 25 heavy (non-hydrogen) atoms. The van der Waals surface area contributed by atoms with Gasteiger partial charge < -0.3 is 5.32 Å². The zero-order chi connectivity index (χ0) is 18.7. The third-order valence-electron chi connectivity index (χ3n) is 3.70. The summed E-state index contributed by atoms with van der Waals surface area (Å²) in [6.45, 7) is 3.27. The van der Waals surface area contributed by atoms with E-state index >= 15 is 0 Å². The van der Waals surface area contributed by atoms with E-state index in [4.69, 9.17) is 0 Å². The molecule has 0 fully saturated rings. The molecular formula is C16H14BrN3O5. The van der Waals surface area contributed by atoms with Crippen molar-refractivity contribution in [2.24, 2.45) is 0 Å². The van der Waals surface area contributed by atoms with Gasteiger partial charge in [-0.15, -0.1) is 0 Å². The molecule has 1 amide bonds. The second-order valence-corrected chi connectivity index (χ2v) is 6.13. The van der Waals surface area contributed by atoms with Crippen LogP contribution >= 0.6 is 15.9 Å². The van der Waals surface area contributed by atoms with Gasteiger partial charge in [-0.1, -0.05) is 13.0 Å². The summed E-state index contributed by atoms with van der Waals surface area (Å²) in [7, 11) is 0. The smallest absolute Gasteiger partial charge is 0.279 e. The van der Waals surface area contributed by atoms with Gasteiger partial charge in [0.05, 0.1) is 21.1 Å². The van der Waals surface area contributed by atoms with Crippen molar-refractivity contribution < 1.29 is 14.6 Å². The van der Waals surface area contributed by atoms with E-state index in [1.54, 1.807) is 6.07 Å². The molecule has 0 radical (unpaired) electrons. The molecule has 9 heteroatoms. The fourth-order valence-corrected chi connectivity index (χ4v) is 2.79. The van der Waals surface area contributed by atoms with Gasteiger partial charge in [0.1, 0.15) is 5.56 Å². The standard InChI is InChI=1S/C16H14BrN3O5/c1-3-10-4-5-13(12(17)6-10)18-16(21)11-7-14(19(22)23)9(2)15(8-11)20(24)25/h4-8H,3H2,1-2H3,(H,18,21). The van der Waals surface area contributed by atoms with Crippen LogP contribution in [0.2, 0.25) is 0 Å². The molecule has 2 aromatic carbocycles. The lowest BCUT2D eigenvalue weighted by atomic mass is 10.1. The minimum Gasteiger partial charge on any atom is -0.321 e. The van der Waals surface area contributed by atoms with Crippen molar-refractivity contribution in [2.45, 2.75) is 20.3 Å². The Balaban J connectivity index is 2.42. The summed E-state index contributed by atoms with van der Waals surface area (Å²) in [4.78, 5) is 33.1. The van der Waals surface area contributed by atoms with Gasteiger partial charge in [0, 0.05) is 16.6 Å². The highest BCUT2D eigenvalue weighted by molar-refractivity contribution is 9.10. The van der Waals surface area contributed by atoms with E-state index in [1.165, 1.54) is 6.92 Å². The molecule has 0 saturated carbocycles. The second-order valence-electron chi connectivity index (χ2n) is 5.28. The van der Waals surface area contributed by atoms with Gasteiger partial charge in [-0.3, -0.25) is 25.0 Å². The van der Waals surface area contributed by atoms with Gasteiger partial charge in [-0.2, -0.15) is 0 Å². The van der Waals surface area contributed by atoms with Gasteiger partial charge in [-0.25, -0.2) is 0 Å². The Morgan fingerprint density at radius 1 is 1.12 bits per heavy atom. The average Bonchev–Trinajstić information content (AvgIpc) is 2.56. The van der Waals surface area contributed by atoms with Crippen molar-refractivity contribution >= 4 is 38.9 Å². The first-order valence-electron chi connectivity index (χ1n) is 7.27. The van der Waals surface area contributed by atoms with Crippen LogP contribution in [0.25, 0.3) is 0 Å². The predicted molar refractivity (Wildman–Crippen MR) is 96.0 cm³/mol. The van der Waals surface area contributed by atoms with E-state index in [-0.39, 0.29) is 11.1 Å². The molecule has 1 N–H and O–H groups in total. The molecule has 0 aromatic heterocycles. The topological polar surface area (TPSA) is 115 Å². The number of benzene rings is 2. The maximum atomic E-state index is 12.4. The van der Waals surface area contributed by atoms with Crippen molar-refractivity contribution in [3.05, 3.63) is 71.7 Å². The normalized spacial score (nSPS) is 10.4. The number of carbonyl (C=O) groups is 1. The van der Waals surface area contributed by atoms with Gasteiger partial charge in [0.2, 0.25) is 0 Å². The van der Waals surface area contributed by atoms with Crippen LogP contribution < -0.4 is 5.32 Å². The van der Waals surface area contributed by atoms with Gasteiger partial charge in [0.15, 0.2) is 0 Å². The molecule has 2 rings (SSSR count). The molecule has 2 aromatic rings. The van der Waals surface area contributed by atoms with Gasteiger partial charge in [-0.05, 0) is 47.0 Å². The number of halogens is 1. The Hall–Kier alpha value is -2.81. The van der Waals surface area contributed by atoms with Crippen LogP contribution in [0.3, 0.4) is 0 Å². The van der Waals surface area contributed by atoms with Crippen LogP contribution in [0.4, 0.5) is 17.1 Å². The average molecular weight is 408 g/mol. The number of nitro groups is 2. The maximum absolute atomic E-state index is 12.4. The third kappa shape index (κ3) is 4.00. The van der Waals surface area contributed by atoms with Crippen molar-refractivity contribution in [2.75, 3.05) is 5.32 Å². The highest BCUT2D eigenvalue weighted by Gasteiger charge is 2.25. The molecular weight excluding hydrogens is 394 g/mol. The quantitative estimate of drug-likeness (QED) is 0.582. The zero-order valence-corrected chi connectivity index (χ0v) is 15.0. The van der Waals surface area contributed by atoms with Crippen molar-refractivity contribution in [1.82, 2.24) is 0 Å². The molecule has 0 atom stereocenters. The van der Waals surface area contributed by atoms with Gasteiger partial charge >= 0.3 is 0 Å². The first-order chi connectivity index (χ1) is 11.7. The van der Waals surface area contributed by atoms with Crippen LogP contribution in [0.1, 0.15) is 28.4 Å². The van der Waals surface area contributed by atoms with E-state index in [9.17, 15) is 25.0 Å². The summed E-state index contributed by atoms with van der Waals surface area (Å²) in [5.74, 6) is -0.670. The predicted octanol–water partition coefficient (Wildman–Crippen LogP) is 4.39. The second kappa shape index (κ2) is 7.39. The van der Waals surface area contributed by atoms with Gasteiger partial charge in [0.25, 0.3) is 17.3 Å². The number of nitro benzene ring substituents is 2. The van der Waals surface area contributed by atoms with Crippen LogP contribution in [-0.2, 0) is 6.42 Å². The SMILES string of the molecule is CCc1ccc(NC(=O)c2cc([N+](=O)[O-])c(C)c([N+](=O)[O-])c2)c(Br)c1. The van der Waals surface area contributed by atoms with Crippen LogP contribution in [0, 0.1) is 27.2 Å². The number of amides is 1. The highest BCUT2D eigenvalue weighted by Crippen LogP contribution is 2.30. The lowest BCUT2D eigenvalue weighted by Gasteiger charge is -2.09. The number of aryl methyl sites for hydroxylation is 1.